The molecule has 2 saturated heterocycles. The number of aromatic nitrogens is 1. The van der Waals surface area contributed by atoms with Gasteiger partial charge in [0, 0.05) is 39.3 Å². The number of carbonyl (C=O) groups is 2. The van der Waals surface area contributed by atoms with Gasteiger partial charge in [0.2, 0.25) is 5.89 Å². The van der Waals surface area contributed by atoms with E-state index in [9.17, 15) is 14.0 Å². The van der Waals surface area contributed by atoms with Crippen molar-refractivity contribution in [2.45, 2.75) is 26.3 Å². The number of hydrogen-bond donors (Lipinski definition) is 0. The molecule has 2 fully saturated rings. The lowest BCUT2D eigenvalue weighted by Crippen LogP contribution is -2.46. The highest BCUT2D eigenvalue weighted by Gasteiger charge is 2.30. The van der Waals surface area contributed by atoms with Crippen LogP contribution >= 0.6 is 0 Å². The zero-order chi connectivity index (χ0) is 22.5. The highest BCUT2D eigenvalue weighted by atomic mass is 19.1. The Morgan fingerprint density at radius 1 is 1.12 bits per heavy atom. The van der Waals surface area contributed by atoms with Gasteiger partial charge >= 0.3 is 5.97 Å². The first kappa shape index (κ1) is 22.3. The van der Waals surface area contributed by atoms with Gasteiger partial charge in [-0.2, -0.15) is 0 Å². The van der Waals surface area contributed by atoms with Gasteiger partial charge in [-0.25, -0.2) is 9.37 Å². The number of oxazole rings is 1. The van der Waals surface area contributed by atoms with Crippen LogP contribution in [0.4, 0.5) is 10.1 Å². The number of esters is 1. The first-order valence-corrected chi connectivity index (χ1v) is 11.2. The van der Waals surface area contributed by atoms with E-state index in [0.717, 1.165) is 13.1 Å². The van der Waals surface area contributed by atoms with Crippen LogP contribution in [0.3, 0.4) is 0 Å². The number of ether oxygens (including phenoxy) is 1. The Hall–Kier alpha value is -2.94. The summed E-state index contributed by atoms with van der Waals surface area (Å²) in [6, 6.07) is 6.81. The number of likely N-dealkylation sites (tertiary alicyclic amines) is 1. The first-order valence-electron chi connectivity index (χ1n) is 11.2. The van der Waals surface area contributed by atoms with Gasteiger partial charge in [-0.1, -0.05) is 12.1 Å². The summed E-state index contributed by atoms with van der Waals surface area (Å²) in [7, 11) is 0. The molecule has 4 rings (SSSR count). The Morgan fingerprint density at radius 3 is 2.53 bits per heavy atom. The lowest BCUT2D eigenvalue weighted by atomic mass is 9.97. The lowest BCUT2D eigenvalue weighted by Gasteiger charge is -2.35. The number of amides is 1. The molecule has 0 N–H and O–H groups in total. The van der Waals surface area contributed by atoms with Crippen molar-refractivity contribution >= 4 is 17.6 Å². The predicted octanol–water partition coefficient (Wildman–Crippen LogP) is 2.55. The minimum Gasteiger partial charge on any atom is -0.466 e. The number of piperazine rings is 1. The largest absolute Gasteiger partial charge is 0.466 e. The van der Waals surface area contributed by atoms with Crippen molar-refractivity contribution in [3.8, 4) is 0 Å². The fourth-order valence-corrected chi connectivity index (χ4v) is 4.27. The third-order valence-corrected chi connectivity index (χ3v) is 6.10. The number of benzene rings is 1. The molecule has 32 heavy (non-hydrogen) atoms. The van der Waals surface area contributed by atoms with Crippen LogP contribution in [0.2, 0.25) is 0 Å². The molecule has 0 bridgehead atoms. The highest BCUT2D eigenvalue weighted by molar-refractivity contribution is 5.92. The Labute approximate surface area is 186 Å². The van der Waals surface area contributed by atoms with Crippen LogP contribution in [0.5, 0.6) is 0 Å². The maximum atomic E-state index is 14.0. The van der Waals surface area contributed by atoms with E-state index in [4.69, 9.17) is 9.15 Å². The maximum absolute atomic E-state index is 14.0. The molecule has 0 unspecified atom stereocenters. The van der Waals surface area contributed by atoms with Crippen molar-refractivity contribution in [2.75, 3.05) is 50.8 Å². The SMILES string of the molecule is CCOC(=O)C1CCN(C(=O)c2coc(CN3CCN(c4ccccc4F)CC3)n2)CC1. The van der Waals surface area contributed by atoms with Crippen molar-refractivity contribution in [2.24, 2.45) is 5.92 Å². The fourth-order valence-electron chi connectivity index (χ4n) is 4.27. The van der Waals surface area contributed by atoms with Crippen LogP contribution in [0.1, 0.15) is 36.1 Å². The van der Waals surface area contributed by atoms with Gasteiger partial charge in [0.05, 0.1) is 24.8 Å². The second-order valence-electron chi connectivity index (χ2n) is 8.16. The van der Waals surface area contributed by atoms with Gasteiger partial charge in [-0.3, -0.25) is 14.5 Å². The topological polar surface area (TPSA) is 79.1 Å². The van der Waals surface area contributed by atoms with E-state index in [2.05, 4.69) is 9.88 Å². The van der Waals surface area contributed by atoms with Crippen molar-refractivity contribution in [1.29, 1.82) is 0 Å². The van der Waals surface area contributed by atoms with E-state index in [-0.39, 0.29) is 23.6 Å². The minimum atomic E-state index is -0.205. The molecule has 2 aliphatic heterocycles. The van der Waals surface area contributed by atoms with Gasteiger partial charge in [0.25, 0.3) is 5.91 Å². The molecular weight excluding hydrogens is 415 g/mol. The number of piperidine rings is 1. The van der Waals surface area contributed by atoms with E-state index < -0.39 is 0 Å². The molecule has 0 spiro atoms. The Kier molecular flexibility index (Phi) is 7.04. The molecule has 3 heterocycles. The molecule has 0 saturated carbocycles. The molecule has 1 amide bonds. The normalized spacial score (nSPS) is 18.1. The molecule has 2 aliphatic rings. The lowest BCUT2D eigenvalue weighted by molar-refractivity contribution is -0.149. The van der Waals surface area contributed by atoms with E-state index in [0.29, 0.717) is 69.4 Å². The van der Waals surface area contributed by atoms with Crippen molar-refractivity contribution in [3.63, 3.8) is 0 Å². The molecule has 0 aliphatic carbocycles. The second-order valence-corrected chi connectivity index (χ2v) is 8.16. The van der Waals surface area contributed by atoms with Crippen LogP contribution < -0.4 is 4.90 Å². The number of para-hydroxylation sites is 1. The number of halogens is 1. The van der Waals surface area contributed by atoms with Crippen LogP contribution in [-0.4, -0.2) is 72.5 Å². The van der Waals surface area contributed by atoms with Gasteiger partial charge in [-0.15, -0.1) is 0 Å². The Morgan fingerprint density at radius 2 is 1.84 bits per heavy atom. The number of nitrogens with zero attached hydrogens (tertiary/aromatic N) is 4. The fraction of sp³-hybridized carbons (Fsp3) is 0.522. The summed E-state index contributed by atoms with van der Waals surface area (Å²) in [6.45, 7) is 6.60. The molecule has 9 heteroatoms. The van der Waals surface area contributed by atoms with Gasteiger partial charge < -0.3 is 19.0 Å². The highest BCUT2D eigenvalue weighted by Crippen LogP contribution is 2.22. The molecule has 1 aromatic carbocycles. The van der Waals surface area contributed by atoms with Gasteiger partial charge in [0.15, 0.2) is 5.69 Å². The summed E-state index contributed by atoms with van der Waals surface area (Å²) in [5, 5.41) is 0. The zero-order valence-electron chi connectivity index (χ0n) is 18.3. The summed E-state index contributed by atoms with van der Waals surface area (Å²) < 4.78 is 24.6. The molecule has 0 atom stereocenters. The van der Waals surface area contributed by atoms with Crippen LogP contribution in [0.15, 0.2) is 34.9 Å². The third-order valence-electron chi connectivity index (χ3n) is 6.10. The zero-order valence-corrected chi connectivity index (χ0v) is 18.3. The smallest absolute Gasteiger partial charge is 0.309 e. The number of hydrogen-bond acceptors (Lipinski definition) is 7. The Bertz CT molecular complexity index is 934. The van der Waals surface area contributed by atoms with Crippen LogP contribution in [0.25, 0.3) is 0 Å². The molecule has 8 nitrogen and oxygen atoms in total. The number of anilines is 1. The Balaban J connectivity index is 1.26. The van der Waals surface area contributed by atoms with E-state index in [1.165, 1.54) is 12.3 Å². The van der Waals surface area contributed by atoms with E-state index in [1.807, 2.05) is 11.0 Å². The van der Waals surface area contributed by atoms with Crippen molar-refractivity contribution < 1.29 is 23.1 Å². The maximum Gasteiger partial charge on any atom is 0.309 e. The molecule has 1 aromatic heterocycles. The third kappa shape index (κ3) is 5.09. The standard InChI is InChI=1S/C23H29FN4O4/c1-2-31-23(30)17-7-9-28(10-8-17)22(29)19-16-32-21(25-19)15-26-11-13-27(14-12-26)20-6-4-3-5-18(20)24/h3-6,16-17H,2,7-15H2,1H3. The summed E-state index contributed by atoms with van der Waals surface area (Å²) >= 11 is 0. The van der Waals surface area contributed by atoms with E-state index in [1.54, 1.807) is 24.0 Å². The van der Waals surface area contributed by atoms with Gasteiger partial charge in [-0.05, 0) is 31.9 Å². The van der Waals surface area contributed by atoms with E-state index >= 15 is 0 Å². The molecule has 2 aromatic rings. The van der Waals surface area contributed by atoms with Crippen LogP contribution in [0, 0.1) is 11.7 Å². The van der Waals surface area contributed by atoms with Gasteiger partial charge in [0.1, 0.15) is 12.1 Å². The monoisotopic (exact) mass is 444 g/mol. The van der Waals surface area contributed by atoms with Crippen LogP contribution in [-0.2, 0) is 16.1 Å². The average Bonchev–Trinajstić information content (AvgIpc) is 3.28. The summed E-state index contributed by atoms with van der Waals surface area (Å²) in [4.78, 5) is 35.0. The summed E-state index contributed by atoms with van der Waals surface area (Å²) in [5.41, 5.74) is 0.919. The predicted molar refractivity (Wildman–Crippen MR) is 116 cm³/mol. The molecular formula is C23H29FN4O4. The number of carbonyl (C=O) groups excluding carboxylic acids is 2. The van der Waals surface area contributed by atoms with Crippen molar-refractivity contribution in [3.05, 3.63) is 47.9 Å². The average molecular weight is 445 g/mol. The molecule has 0 radical (unpaired) electrons. The summed E-state index contributed by atoms with van der Waals surface area (Å²) in [5.74, 6) is -0.211. The second kappa shape index (κ2) is 10.1. The number of rotatable bonds is 6. The first-order chi connectivity index (χ1) is 15.5. The molecule has 172 valence electrons. The minimum absolute atomic E-state index is 0.144. The summed E-state index contributed by atoms with van der Waals surface area (Å²) in [6.07, 6.45) is 2.60. The quantitative estimate of drug-likeness (QED) is 0.634. The van der Waals surface area contributed by atoms with Crippen molar-refractivity contribution in [1.82, 2.24) is 14.8 Å².